The lowest BCUT2D eigenvalue weighted by molar-refractivity contribution is -0.319. The number of carbonyl (C=O) groups is 1. The van der Waals surface area contributed by atoms with Gasteiger partial charge < -0.3 is 58.5 Å². The summed E-state index contributed by atoms with van der Waals surface area (Å²) in [5, 5.41) is 53.2. The Kier molecular flexibility index (Phi) is 17.1. The van der Waals surface area contributed by atoms with Gasteiger partial charge in [0.2, 0.25) is 0 Å². The number of nitroso groups, excluding NO2 is 1. The summed E-state index contributed by atoms with van der Waals surface area (Å²) in [4.78, 5) is 31.7. The number of aliphatic hydroxyl groups is 4. The summed E-state index contributed by atoms with van der Waals surface area (Å²) in [6, 6.07) is -1.39. The van der Waals surface area contributed by atoms with E-state index >= 15 is 0 Å². The topological polar surface area (TPSA) is 244 Å². The Labute approximate surface area is 331 Å². The van der Waals surface area contributed by atoms with E-state index in [2.05, 4.69) is 15.2 Å². The zero-order valence-corrected chi connectivity index (χ0v) is 35.5. The van der Waals surface area contributed by atoms with Crippen LogP contribution >= 0.6 is 0 Å². The molecule has 0 aromatic heterocycles. The van der Waals surface area contributed by atoms with Crippen LogP contribution in [0.2, 0.25) is 0 Å². The van der Waals surface area contributed by atoms with Gasteiger partial charge in [-0.1, -0.05) is 31.1 Å². The first-order valence-corrected chi connectivity index (χ1v) is 19.7. The number of nitrogens with zero attached hydrogens (tertiary/aromatic N) is 5. The van der Waals surface area contributed by atoms with Crippen molar-refractivity contribution in [2.45, 2.75) is 178 Å². The first-order chi connectivity index (χ1) is 26.0. The van der Waals surface area contributed by atoms with Crippen LogP contribution in [0.15, 0.2) is 10.3 Å². The molecular formula is C38H69N5O13. The lowest BCUT2D eigenvalue weighted by atomic mass is 9.72. The van der Waals surface area contributed by atoms with Gasteiger partial charge in [-0.15, -0.1) is 0 Å². The lowest BCUT2D eigenvalue weighted by Crippen LogP contribution is -2.61. The van der Waals surface area contributed by atoms with Crippen molar-refractivity contribution in [3.8, 4) is 0 Å². The average molecular weight is 804 g/mol. The van der Waals surface area contributed by atoms with Gasteiger partial charge >= 0.3 is 5.97 Å². The molecule has 0 aliphatic carbocycles. The molecule has 19 atom stereocenters. The molecule has 324 valence electrons. The highest BCUT2D eigenvalue weighted by Gasteiger charge is 2.54. The Hall–Kier alpha value is -2.06. The molecule has 0 radical (unpaired) electrons. The smallest absolute Gasteiger partial charge is 0.311 e. The molecule has 0 aromatic carbocycles. The van der Waals surface area contributed by atoms with Crippen LogP contribution in [0.5, 0.6) is 0 Å². The standard InChI is InChI=1S/C38H69N5O13/c1-19-17-37(8,51-13)33(56-35-29(44)25(43(10)11)16-20(2)52-35)22(4)30(55-27-18-36(7,50-12)32(46)24(6)53-27)23(5)34(47)54-26(14-15-40-42-39)38(9,48)31(45)21(3)28(19)41-49/h19-33,35,44-46,48H,14-18H2,1-13H3/t19-,20?,21+,22+,23-,24?,25?,26-,27?,28?,29?,30+,31-,32?,33-,35?,36?,37-,38-/m1/s1. The van der Waals surface area contributed by atoms with Gasteiger partial charge in [-0.2, -0.15) is 4.91 Å². The summed E-state index contributed by atoms with van der Waals surface area (Å²) in [7, 11) is 6.70. The third-order valence-corrected chi connectivity index (χ3v) is 12.8. The van der Waals surface area contributed by atoms with Gasteiger partial charge in [0.25, 0.3) is 0 Å². The number of cyclic esters (lactones) is 1. The summed E-state index contributed by atoms with van der Waals surface area (Å²) >= 11 is 0. The summed E-state index contributed by atoms with van der Waals surface area (Å²) in [5.41, 5.74) is 4.51. The number of rotatable bonds is 11. The maximum absolute atomic E-state index is 14.4. The summed E-state index contributed by atoms with van der Waals surface area (Å²) in [6.45, 7) is 15.0. The van der Waals surface area contributed by atoms with E-state index in [1.54, 1.807) is 41.5 Å². The van der Waals surface area contributed by atoms with Gasteiger partial charge in [-0.05, 0) is 86.3 Å². The summed E-state index contributed by atoms with van der Waals surface area (Å²) in [5.74, 6) is -4.25. The van der Waals surface area contributed by atoms with Crippen LogP contribution in [-0.2, 0) is 38.0 Å². The van der Waals surface area contributed by atoms with Gasteiger partial charge in [0.15, 0.2) is 12.6 Å². The second-order valence-corrected chi connectivity index (χ2v) is 17.3. The van der Waals surface area contributed by atoms with E-state index in [4.69, 9.17) is 38.7 Å². The molecule has 3 heterocycles. The minimum atomic E-state index is -2.13. The fourth-order valence-corrected chi connectivity index (χ4v) is 9.04. The molecule has 4 N–H and O–H groups in total. The third kappa shape index (κ3) is 10.6. The Morgan fingerprint density at radius 3 is 2.11 bits per heavy atom. The van der Waals surface area contributed by atoms with Crippen LogP contribution < -0.4 is 0 Å². The van der Waals surface area contributed by atoms with Crippen molar-refractivity contribution in [2.75, 3.05) is 34.9 Å². The SMILES string of the molecule is COC1(C)CC(O[C@H]2[C@H](C)[C@@H](OC3OC(C)CC(N(C)C)C3O)[C@](C)(OC)C[C@@H](C)C(N=O)[C@H](C)[C@@H](O)[C@](C)(O)[C@@H](CCN=[N+]=[N-])OC(=O)[C@@H]2C)OC(C)C1O. The van der Waals surface area contributed by atoms with E-state index in [1.807, 2.05) is 32.8 Å². The number of carbonyl (C=O) groups excluding carboxylic acids is 1. The van der Waals surface area contributed by atoms with E-state index in [0.29, 0.717) is 6.42 Å². The van der Waals surface area contributed by atoms with Gasteiger partial charge in [-0.25, -0.2) is 0 Å². The fourth-order valence-electron chi connectivity index (χ4n) is 9.04. The molecule has 3 rings (SSSR count). The van der Waals surface area contributed by atoms with Gasteiger partial charge in [-0.3, -0.25) is 4.79 Å². The Morgan fingerprint density at radius 1 is 0.929 bits per heavy atom. The minimum Gasteiger partial charge on any atom is -0.459 e. The lowest BCUT2D eigenvalue weighted by Gasteiger charge is -2.50. The highest BCUT2D eigenvalue weighted by Crippen LogP contribution is 2.43. The molecule has 3 saturated heterocycles. The van der Waals surface area contributed by atoms with Crippen LogP contribution in [0, 0.1) is 28.6 Å². The van der Waals surface area contributed by atoms with E-state index in [1.165, 1.54) is 21.1 Å². The Balaban J connectivity index is 2.27. The van der Waals surface area contributed by atoms with Gasteiger partial charge in [0.05, 0.1) is 53.7 Å². The molecule has 0 saturated carbocycles. The normalized spacial score (nSPS) is 47.4. The molecule has 0 spiro atoms. The fraction of sp³-hybridized carbons (Fsp3) is 0.974. The maximum atomic E-state index is 14.4. The number of likely N-dealkylation sites (N-methyl/N-ethyl adjacent to an activating group) is 1. The number of azide groups is 1. The number of aliphatic hydroxyl groups excluding tert-OH is 3. The highest BCUT2D eigenvalue weighted by molar-refractivity contribution is 5.73. The van der Waals surface area contributed by atoms with Crippen LogP contribution in [-0.4, -0.2) is 156 Å². The van der Waals surface area contributed by atoms with Gasteiger partial charge in [0, 0.05) is 50.0 Å². The summed E-state index contributed by atoms with van der Waals surface area (Å²) in [6.07, 6.45) is -9.80. The first kappa shape index (κ1) is 48.3. The molecule has 3 aliphatic heterocycles. The molecule has 3 aliphatic rings. The minimum absolute atomic E-state index is 0.0802. The van der Waals surface area contributed by atoms with Crippen LogP contribution in [0.4, 0.5) is 0 Å². The second kappa shape index (κ2) is 19.8. The predicted molar refractivity (Wildman–Crippen MR) is 204 cm³/mol. The van der Waals surface area contributed by atoms with Crippen molar-refractivity contribution in [2.24, 2.45) is 34.0 Å². The first-order valence-electron chi connectivity index (χ1n) is 19.7. The molecule has 0 aromatic rings. The Bertz CT molecular complexity index is 1340. The van der Waals surface area contributed by atoms with Crippen LogP contribution in [0.25, 0.3) is 10.4 Å². The maximum Gasteiger partial charge on any atom is 0.311 e. The van der Waals surface area contributed by atoms with Crippen molar-refractivity contribution in [3.63, 3.8) is 0 Å². The molecule has 0 bridgehead atoms. The van der Waals surface area contributed by atoms with E-state index in [-0.39, 0.29) is 38.0 Å². The van der Waals surface area contributed by atoms with E-state index in [9.17, 15) is 30.1 Å². The van der Waals surface area contributed by atoms with Crippen molar-refractivity contribution >= 4 is 5.97 Å². The highest BCUT2D eigenvalue weighted by atomic mass is 16.7. The monoisotopic (exact) mass is 803 g/mol. The largest absolute Gasteiger partial charge is 0.459 e. The van der Waals surface area contributed by atoms with Crippen molar-refractivity contribution in [1.29, 1.82) is 0 Å². The molecule has 3 fully saturated rings. The molecule has 0 amide bonds. The molecule has 18 heteroatoms. The van der Waals surface area contributed by atoms with E-state index in [0.717, 1.165) is 0 Å². The van der Waals surface area contributed by atoms with E-state index < -0.39 is 108 Å². The molecule has 56 heavy (non-hydrogen) atoms. The van der Waals surface area contributed by atoms with Crippen molar-refractivity contribution in [1.82, 2.24) is 4.90 Å². The van der Waals surface area contributed by atoms with Crippen LogP contribution in [0.1, 0.15) is 88.0 Å². The Morgan fingerprint density at radius 2 is 1.55 bits per heavy atom. The molecular weight excluding hydrogens is 734 g/mol. The second-order valence-electron chi connectivity index (χ2n) is 17.3. The van der Waals surface area contributed by atoms with Crippen molar-refractivity contribution in [3.05, 3.63) is 15.3 Å². The number of hydrogen-bond donors (Lipinski definition) is 4. The van der Waals surface area contributed by atoms with Crippen molar-refractivity contribution < 1.29 is 58.4 Å². The third-order valence-electron chi connectivity index (χ3n) is 12.8. The van der Waals surface area contributed by atoms with Crippen LogP contribution in [0.3, 0.4) is 0 Å². The number of ether oxygens (including phenoxy) is 7. The predicted octanol–water partition coefficient (Wildman–Crippen LogP) is 3.30. The average Bonchev–Trinajstić information content (AvgIpc) is 3.14. The zero-order chi connectivity index (χ0) is 42.5. The zero-order valence-electron chi connectivity index (χ0n) is 35.5. The molecule has 18 nitrogen and oxygen atoms in total. The number of hydrogen-bond acceptors (Lipinski definition) is 16. The number of esters is 1. The summed E-state index contributed by atoms with van der Waals surface area (Å²) < 4.78 is 44.1. The quantitative estimate of drug-likeness (QED) is 0.0771. The number of methoxy groups -OCH3 is 2. The van der Waals surface area contributed by atoms with Gasteiger partial charge in [0.1, 0.15) is 23.9 Å². The molecule has 9 unspecified atom stereocenters.